The van der Waals surface area contributed by atoms with E-state index in [4.69, 9.17) is 21.1 Å². The van der Waals surface area contributed by atoms with Crippen LogP contribution in [0.25, 0.3) is 0 Å². The first-order valence-corrected chi connectivity index (χ1v) is 5.46. The van der Waals surface area contributed by atoms with Gasteiger partial charge in [-0.25, -0.2) is 9.97 Å². The first-order valence-electron chi connectivity index (χ1n) is 5.08. The van der Waals surface area contributed by atoms with Crippen LogP contribution in [0.5, 0.6) is 17.4 Å². The van der Waals surface area contributed by atoms with Crippen LogP contribution in [-0.2, 0) is 0 Å². The van der Waals surface area contributed by atoms with Crippen molar-refractivity contribution in [2.75, 3.05) is 7.11 Å². The molecule has 2 aromatic rings. The fraction of sp³-hybridized carbons (Fsp3) is 0.0909. The average molecular weight is 282 g/mol. The number of halogens is 1. The van der Waals surface area contributed by atoms with E-state index < -0.39 is 4.92 Å². The fourth-order valence-electron chi connectivity index (χ4n) is 1.33. The molecule has 1 heterocycles. The Balaban J connectivity index is 2.43. The predicted molar refractivity (Wildman–Crippen MR) is 66.8 cm³/mol. The number of nitro benzene ring substituents is 1. The second kappa shape index (κ2) is 5.49. The number of nitro groups is 1. The summed E-state index contributed by atoms with van der Waals surface area (Å²) in [5.74, 6) is 0.382. The van der Waals surface area contributed by atoms with Gasteiger partial charge in [0, 0.05) is 24.5 Å². The van der Waals surface area contributed by atoms with Crippen molar-refractivity contribution in [1.29, 1.82) is 0 Å². The molecule has 0 bridgehead atoms. The minimum Gasteiger partial charge on any atom is -0.497 e. The van der Waals surface area contributed by atoms with Gasteiger partial charge in [0.15, 0.2) is 5.15 Å². The molecule has 0 spiro atoms. The number of hydrogen-bond donors (Lipinski definition) is 0. The number of aromatic nitrogens is 2. The molecule has 0 unspecified atom stereocenters. The van der Waals surface area contributed by atoms with Crippen LogP contribution in [0.4, 0.5) is 5.69 Å². The van der Waals surface area contributed by atoms with Crippen LogP contribution in [0, 0.1) is 10.1 Å². The highest BCUT2D eigenvalue weighted by Crippen LogP contribution is 2.35. The molecule has 19 heavy (non-hydrogen) atoms. The van der Waals surface area contributed by atoms with Crippen LogP contribution >= 0.6 is 11.6 Å². The Morgan fingerprint density at radius 2 is 2.05 bits per heavy atom. The van der Waals surface area contributed by atoms with E-state index in [9.17, 15) is 10.1 Å². The minimum atomic E-state index is -0.570. The third-order valence-corrected chi connectivity index (χ3v) is 2.45. The van der Waals surface area contributed by atoms with Crippen molar-refractivity contribution in [3.63, 3.8) is 0 Å². The molecule has 1 aromatic carbocycles. The molecule has 0 saturated heterocycles. The lowest BCUT2D eigenvalue weighted by Crippen LogP contribution is -1.96. The van der Waals surface area contributed by atoms with Gasteiger partial charge in [-0.05, 0) is 6.07 Å². The van der Waals surface area contributed by atoms with Crippen molar-refractivity contribution in [1.82, 2.24) is 9.97 Å². The summed E-state index contributed by atoms with van der Waals surface area (Å²) < 4.78 is 10.3. The van der Waals surface area contributed by atoms with E-state index in [1.807, 2.05) is 0 Å². The highest BCUT2D eigenvalue weighted by molar-refractivity contribution is 6.30. The SMILES string of the molecule is COc1ccc([N+](=O)[O-])c(Oc2nccnc2Cl)c1. The van der Waals surface area contributed by atoms with Gasteiger partial charge in [-0.15, -0.1) is 0 Å². The van der Waals surface area contributed by atoms with Crippen LogP contribution in [0.15, 0.2) is 30.6 Å². The molecule has 0 atom stereocenters. The number of methoxy groups -OCH3 is 1. The van der Waals surface area contributed by atoms with Gasteiger partial charge in [-0.1, -0.05) is 11.6 Å². The van der Waals surface area contributed by atoms with Gasteiger partial charge >= 0.3 is 5.69 Å². The molecule has 0 saturated carbocycles. The molecule has 0 amide bonds. The first-order chi connectivity index (χ1) is 9.11. The summed E-state index contributed by atoms with van der Waals surface area (Å²) in [6, 6.07) is 4.12. The number of nitrogens with zero attached hydrogens (tertiary/aromatic N) is 3. The molecule has 0 fully saturated rings. The first kappa shape index (κ1) is 13.0. The highest BCUT2D eigenvalue weighted by atomic mass is 35.5. The molecular weight excluding hydrogens is 274 g/mol. The number of ether oxygens (including phenoxy) is 2. The Kier molecular flexibility index (Phi) is 3.76. The van der Waals surface area contributed by atoms with E-state index >= 15 is 0 Å². The third-order valence-electron chi connectivity index (χ3n) is 2.19. The molecule has 1 aromatic heterocycles. The lowest BCUT2D eigenvalue weighted by Gasteiger charge is -2.07. The summed E-state index contributed by atoms with van der Waals surface area (Å²) in [5, 5.41) is 10.9. The number of benzene rings is 1. The summed E-state index contributed by atoms with van der Waals surface area (Å²) in [6.45, 7) is 0. The molecule has 0 aliphatic carbocycles. The normalized spacial score (nSPS) is 10.0. The van der Waals surface area contributed by atoms with Crippen LogP contribution in [0.1, 0.15) is 0 Å². The topological polar surface area (TPSA) is 87.4 Å². The summed E-state index contributed by atoms with van der Waals surface area (Å²) in [7, 11) is 1.44. The van der Waals surface area contributed by atoms with E-state index in [-0.39, 0.29) is 22.5 Å². The maximum absolute atomic E-state index is 10.9. The van der Waals surface area contributed by atoms with E-state index in [0.717, 1.165) is 0 Å². The maximum Gasteiger partial charge on any atom is 0.311 e. The van der Waals surface area contributed by atoms with Gasteiger partial charge in [0.05, 0.1) is 12.0 Å². The zero-order valence-electron chi connectivity index (χ0n) is 9.74. The van der Waals surface area contributed by atoms with Crippen molar-refractivity contribution in [3.8, 4) is 17.4 Å². The summed E-state index contributed by atoms with van der Waals surface area (Å²) in [4.78, 5) is 18.0. The van der Waals surface area contributed by atoms with Crippen molar-refractivity contribution >= 4 is 17.3 Å². The predicted octanol–water partition coefficient (Wildman–Crippen LogP) is 2.84. The van der Waals surface area contributed by atoms with Crippen molar-refractivity contribution < 1.29 is 14.4 Å². The lowest BCUT2D eigenvalue weighted by atomic mass is 10.3. The van der Waals surface area contributed by atoms with Gasteiger partial charge in [0.25, 0.3) is 5.88 Å². The van der Waals surface area contributed by atoms with Gasteiger partial charge in [0.2, 0.25) is 5.75 Å². The molecular formula is C11H8ClN3O4. The van der Waals surface area contributed by atoms with E-state index in [0.29, 0.717) is 5.75 Å². The minimum absolute atomic E-state index is 0.0134. The molecule has 2 rings (SSSR count). The molecule has 0 radical (unpaired) electrons. The maximum atomic E-state index is 10.9. The Morgan fingerprint density at radius 1 is 1.32 bits per heavy atom. The molecule has 8 heteroatoms. The Hall–Kier alpha value is -2.41. The standard InChI is InChI=1S/C11H8ClN3O4/c1-18-7-2-3-8(15(16)17)9(6-7)19-11-10(12)13-4-5-14-11/h2-6H,1H3. The fourth-order valence-corrected chi connectivity index (χ4v) is 1.48. The quantitative estimate of drug-likeness (QED) is 0.632. The van der Waals surface area contributed by atoms with Gasteiger partial charge in [-0.2, -0.15) is 0 Å². The van der Waals surface area contributed by atoms with Crippen LogP contribution in [0.2, 0.25) is 5.15 Å². The average Bonchev–Trinajstić information content (AvgIpc) is 2.41. The van der Waals surface area contributed by atoms with E-state index in [1.165, 1.54) is 37.7 Å². The van der Waals surface area contributed by atoms with Crippen LogP contribution in [0.3, 0.4) is 0 Å². The van der Waals surface area contributed by atoms with E-state index in [1.54, 1.807) is 0 Å². The largest absolute Gasteiger partial charge is 0.497 e. The van der Waals surface area contributed by atoms with Crippen LogP contribution in [-0.4, -0.2) is 22.0 Å². The second-order valence-corrected chi connectivity index (χ2v) is 3.70. The summed E-state index contributed by atoms with van der Waals surface area (Å²) in [5.41, 5.74) is -0.220. The molecule has 0 N–H and O–H groups in total. The van der Waals surface area contributed by atoms with Gasteiger partial charge in [0.1, 0.15) is 5.75 Å². The van der Waals surface area contributed by atoms with Crippen molar-refractivity contribution in [3.05, 3.63) is 45.9 Å². The molecule has 0 aliphatic heterocycles. The lowest BCUT2D eigenvalue weighted by molar-refractivity contribution is -0.385. The third kappa shape index (κ3) is 2.89. The zero-order chi connectivity index (χ0) is 13.8. The van der Waals surface area contributed by atoms with Gasteiger partial charge < -0.3 is 9.47 Å². The monoisotopic (exact) mass is 281 g/mol. The Morgan fingerprint density at radius 3 is 2.68 bits per heavy atom. The molecule has 7 nitrogen and oxygen atoms in total. The summed E-state index contributed by atoms with van der Waals surface area (Å²) >= 11 is 5.78. The van der Waals surface area contributed by atoms with Crippen LogP contribution < -0.4 is 9.47 Å². The zero-order valence-corrected chi connectivity index (χ0v) is 10.5. The highest BCUT2D eigenvalue weighted by Gasteiger charge is 2.18. The number of rotatable bonds is 4. The molecule has 98 valence electrons. The summed E-state index contributed by atoms with van der Waals surface area (Å²) in [6.07, 6.45) is 2.75. The Bertz CT molecular complexity index is 621. The van der Waals surface area contributed by atoms with Crippen molar-refractivity contribution in [2.45, 2.75) is 0 Å². The van der Waals surface area contributed by atoms with E-state index in [2.05, 4.69) is 9.97 Å². The second-order valence-electron chi connectivity index (χ2n) is 3.35. The number of hydrogen-bond acceptors (Lipinski definition) is 6. The van der Waals surface area contributed by atoms with Gasteiger partial charge in [-0.3, -0.25) is 10.1 Å². The Labute approximate surface area is 112 Å². The smallest absolute Gasteiger partial charge is 0.311 e. The molecule has 0 aliphatic rings. The van der Waals surface area contributed by atoms with Crippen molar-refractivity contribution in [2.24, 2.45) is 0 Å².